The Labute approximate surface area is 165 Å². The van der Waals surface area contributed by atoms with Gasteiger partial charge in [-0.2, -0.15) is 0 Å². The second-order valence-electron chi connectivity index (χ2n) is 8.00. The fourth-order valence-electron chi connectivity index (χ4n) is 3.66. The van der Waals surface area contributed by atoms with Crippen LogP contribution in [0.15, 0.2) is 23.3 Å². The molecule has 0 radical (unpaired) electrons. The molecule has 1 fully saturated rings. The van der Waals surface area contributed by atoms with E-state index in [1.807, 2.05) is 6.08 Å². The summed E-state index contributed by atoms with van der Waals surface area (Å²) in [6.07, 6.45) is 2.40. The molecular formula is C20H31NO7. The van der Waals surface area contributed by atoms with Gasteiger partial charge in [0.25, 0.3) is 0 Å². The highest BCUT2D eigenvalue weighted by Gasteiger charge is 2.54. The highest BCUT2D eigenvalue weighted by atomic mass is 16.6. The van der Waals surface area contributed by atoms with Gasteiger partial charge in [-0.25, -0.2) is 9.59 Å². The Hall–Kier alpha value is -1.74. The molecule has 1 saturated heterocycles. The summed E-state index contributed by atoms with van der Waals surface area (Å²) in [6.45, 7) is 8.42. The van der Waals surface area contributed by atoms with E-state index in [2.05, 4.69) is 4.90 Å². The van der Waals surface area contributed by atoms with Crippen LogP contribution in [0.3, 0.4) is 0 Å². The van der Waals surface area contributed by atoms with Crippen LogP contribution < -0.4 is 0 Å². The Kier molecular flexibility index (Phi) is 6.70. The standard InChI is InChI=1S/C20H31NO7/c1-6-12(2)17(23)28-15-8-10-21-9-7-14(16(15)21)11-27-18(24)20(26,13(3)22)19(4,5)25/h6-7,13,15-16,22,25-26H,8-11H2,1-5H3/b12-6+/t13-,15-,16-,20+/m0/s1. The molecule has 2 rings (SSSR count). The first-order chi connectivity index (χ1) is 12.9. The lowest BCUT2D eigenvalue weighted by Crippen LogP contribution is -2.63. The Balaban J connectivity index is 2.06. The van der Waals surface area contributed by atoms with Crippen molar-refractivity contribution in [2.75, 3.05) is 19.7 Å². The van der Waals surface area contributed by atoms with E-state index in [1.54, 1.807) is 19.9 Å². The molecule has 4 atom stereocenters. The molecule has 8 heteroatoms. The summed E-state index contributed by atoms with van der Waals surface area (Å²) in [7, 11) is 0. The van der Waals surface area contributed by atoms with Crippen LogP contribution in [0.2, 0.25) is 0 Å². The van der Waals surface area contributed by atoms with Crippen molar-refractivity contribution >= 4 is 11.9 Å². The minimum atomic E-state index is -2.46. The maximum absolute atomic E-state index is 12.5. The highest BCUT2D eigenvalue weighted by Crippen LogP contribution is 2.33. The summed E-state index contributed by atoms with van der Waals surface area (Å²) in [5, 5.41) is 30.5. The van der Waals surface area contributed by atoms with Crippen molar-refractivity contribution < 1.29 is 34.4 Å². The Bertz CT molecular complexity index is 677. The maximum Gasteiger partial charge on any atom is 0.344 e. The van der Waals surface area contributed by atoms with Gasteiger partial charge < -0.3 is 24.8 Å². The first kappa shape index (κ1) is 22.5. The lowest BCUT2D eigenvalue weighted by molar-refractivity contribution is -0.213. The molecule has 0 saturated carbocycles. The molecule has 2 heterocycles. The van der Waals surface area contributed by atoms with Gasteiger partial charge in [-0.1, -0.05) is 12.2 Å². The molecule has 0 aromatic heterocycles. The molecule has 0 spiro atoms. The second-order valence-corrected chi connectivity index (χ2v) is 8.00. The van der Waals surface area contributed by atoms with Crippen LogP contribution >= 0.6 is 0 Å². The van der Waals surface area contributed by atoms with Crippen molar-refractivity contribution in [1.82, 2.24) is 4.90 Å². The van der Waals surface area contributed by atoms with Gasteiger partial charge in [-0.15, -0.1) is 0 Å². The summed E-state index contributed by atoms with van der Waals surface area (Å²) >= 11 is 0. The summed E-state index contributed by atoms with van der Waals surface area (Å²) in [4.78, 5) is 26.7. The summed E-state index contributed by atoms with van der Waals surface area (Å²) < 4.78 is 10.9. The molecular weight excluding hydrogens is 366 g/mol. The number of nitrogens with zero attached hydrogens (tertiary/aromatic N) is 1. The molecule has 0 aliphatic carbocycles. The number of carbonyl (C=O) groups excluding carboxylic acids is 2. The fourth-order valence-corrected chi connectivity index (χ4v) is 3.66. The van der Waals surface area contributed by atoms with Crippen molar-refractivity contribution in [3.63, 3.8) is 0 Å². The van der Waals surface area contributed by atoms with Gasteiger partial charge in [0.1, 0.15) is 18.3 Å². The van der Waals surface area contributed by atoms with Crippen LogP contribution in [0, 0.1) is 0 Å². The summed E-state index contributed by atoms with van der Waals surface area (Å²) in [5.74, 6) is -1.48. The van der Waals surface area contributed by atoms with E-state index in [9.17, 15) is 24.9 Å². The molecule has 2 aliphatic heterocycles. The zero-order valence-corrected chi connectivity index (χ0v) is 17.1. The van der Waals surface area contributed by atoms with Crippen LogP contribution in [-0.4, -0.2) is 81.3 Å². The molecule has 158 valence electrons. The summed E-state index contributed by atoms with van der Waals surface area (Å²) in [5.41, 5.74) is -3.06. The molecule has 8 nitrogen and oxygen atoms in total. The van der Waals surface area contributed by atoms with Crippen molar-refractivity contribution in [2.24, 2.45) is 0 Å². The molecule has 3 N–H and O–H groups in total. The van der Waals surface area contributed by atoms with E-state index in [0.717, 1.165) is 12.1 Å². The zero-order valence-electron chi connectivity index (χ0n) is 17.1. The third-order valence-corrected chi connectivity index (χ3v) is 5.65. The Morgan fingerprint density at radius 1 is 1.39 bits per heavy atom. The van der Waals surface area contributed by atoms with Gasteiger partial charge in [0.15, 0.2) is 0 Å². The van der Waals surface area contributed by atoms with Crippen LogP contribution in [0.1, 0.15) is 41.0 Å². The normalized spacial score (nSPS) is 26.3. The largest absolute Gasteiger partial charge is 0.459 e. The topological polar surface area (TPSA) is 117 Å². The first-order valence-electron chi connectivity index (χ1n) is 9.50. The van der Waals surface area contributed by atoms with Crippen LogP contribution in [0.5, 0.6) is 0 Å². The van der Waals surface area contributed by atoms with Crippen LogP contribution in [0.25, 0.3) is 0 Å². The predicted molar refractivity (Wildman–Crippen MR) is 101 cm³/mol. The second kappa shape index (κ2) is 8.32. The number of rotatable bonds is 7. The van der Waals surface area contributed by atoms with Crippen molar-refractivity contribution in [2.45, 2.75) is 70.5 Å². The lowest BCUT2D eigenvalue weighted by atomic mass is 9.81. The fraction of sp³-hybridized carbons (Fsp3) is 0.700. The number of esters is 2. The first-order valence-corrected chi connectivity index (χ1v) is 9.50. The number of fused-ring (bicyclic) bond motifs is 1. The minimum Gasteiger partial charge on any atom is -0.459 e. The number of hydrogen-bond donors (Lipinski definition) is 3. The van der Waals surface area contributed by atoms with Crippen molar-refractivity contribution in [3.8, 4) is 0 Å². The quantitative estimate of drug-likeness (QED) is 0.319. The van der Waals surface area contributed by atoms with E-state index in [0.29, 0.717) is 18.5 Å². The molecule has 0 aromatic rings. The maximum atomic E-state index is 12.5. The average Bonchev–Trinajstić information content (AvgIpc) is 3.20. The minimum absolute atomic E-state index is 0.123. The van der Waals surface area contributed by atoms with E-state index in [-0.39, 0.29) is 24.7 Å². The third-order valence-electron chi connectivity index (χ3n) is 5.65. The van der Waals surface area contributed by atoms with Gasteiger partial charge in [-0.3, -0.25) is 4.90 Å². The third kappa shape index (κ3) is 4.15. The highest BCUT2D eigenvalue weighted by molar-refractivity contribution is 5.87. The van der Waals surface area contributed by atoms with E-state index < -0.39 is 23.3 Å². The number of aliphatic hydroxyl groups is 3. The molecule has 28 heavy (non-hydrogen) atoms. The average molecular weight is 397 g/mol. The predicted octanol–water partition coefficient (Wildman–Crippen LogP) is 0.305. The summed E-state index contributed by atoms with van der Waals surface area (Å²) in [6, 6.07) is -0.191. The van der Waals surface area contributed by atoms with Crippen LogP contribution in [-0.2, 0) is 19.1 Å². The van der Waals surface area contributed by atoms with Crippen LogP contribution in [0.4, 0.5) is 0 Å². The smallest absolute Gasteiger partial charge is 0.344 e. The van der Waals surface area contributed by atoms with E-state index in [4.69, 9.17) is 9.47 Å². The lowest BCUT2D eigenvalue weighted by Gasteiger charge is -2.38. The number of aliphatic hydroxyl groups excluding tert-OH is 1. The molecule has 2 aliphatic rings. The molecule has 0 unspecified atom stereocenters. The van der Waals surface area contributed by atoms with E-state index in [1.165, 1.54) is 20.8 Å². The van der Waals surface area contributed by atoms with Crippen molar-refractivity contribution in [1.29, 1.82) is 0 Å². The zero-order chi connectivity index (χ0) is 21.3. The van der Waals surface area contributed by atoms with Crippen molar-refractivity contribution in [3.05, 3.63) is 23.3 Å². The number of carbonyl (C=O) groups is 2. The van der Waals surface area contributed by atoms with Gasteiger partial charge in [0.05, 0.1) is 12.1 Å². The van der Waals surface area contributed by atoms with Gasteiger partial charge in [0.2, 0.25) is 5.60 Å². The SMILES string of the molecule is C/C=C(\C)C(=O)O[C@H]1CCN2CC=C(COC(=O)[C@](O)([C@H](C)O)C(C)(C)O)[C@@H]12. The molecule has 0 bridgehead atoms. The Morgan fingerprint density at radius 3 is 2.57 bits per heavy atom. The number of allylic oxidation sites excluding steroid dienone is 1. The number of hydrogen-bond acceptors (Lipinski definition) is 8. The van der Waals surface area contributed by atoms with E-state index >= 15 is 0 Å². The monoisotopic (exact) mass is 397 g/mol. The number of ether oxygens (including phenoxy) is 2. The van der Waals surface area contributed by atoms with Gasteiger partial charge in [0, 0.05) is 18.7 Å². The van der Waals surface area contributed by atoms with Gasteiger partial charge >= 0.3 is 11.9 Å². The Morgan fingerprint density at radius 2 is 2.04 bits per heavy atom. The molecule has 0 amide bonds. The van der Waals surface area contributed by atoms with Gasteiger partial charge in [-0.05, 0) is 46.6 Å². The molecule has 0 aromatic carbocycles.